The number of fused-ring (bicyclic) bond motifs is 6. The van der Waals surface area contributed by atoms with E-state index in [1.165, 1.54) is 72.8 Å². The molecule has 0 unspecified atom stereocenters. The van der Waals surface area contributed by atoms with Crippen molar-refractivity contribution in [2.75, 3.05) is 0 Å². The van der Waals surface area contributed by atoms with Gasteiger partial charge in [-0.1, -0.05) is 84.9 Å². The van der Waals surface area contributed by atoms with E-state index in [9.17, 15) is 76.4 Å². The maximum atomic E-state index is 15.0. The highest BCUT2D eigenvalue weighted by Crippen LogP contribution is 2.48. The molecule has 0 N–H and O–H groups in total. The number of halogens is 15. The largest absolute Gasteiger partial charge is 0.417 e. The van der Waals surface area contributed by atoms with Gasteiger partial charge < -0.3 is 9.13 Å². The van der Waals surface area contributed by atoms with Gasteiger partial charge in [-0.15, -0.1) is 0 Å². The zero-order valence-corrected chi connectivity index (χ0v) is 40.2. The van der Waals surface area contributed by atoms with Crippen molar-refractivity contribution in [2.45, 2.75) is 30.9 Å². The highest BCUT2D eigenvalue weighted by atomic mass is 19.4. The Morgan fingerprint density at radius 3 is 1.05 bits per heavy atom. The average Bonchev–Trinajstić information content (AvgIpc) is 4.17. The van der Waals surface area contributed by atoms with Crippen molar-refractivity contribution >= 4 is 43.6 Å². The molecule has 2 heterocycles. The number of rotatable bonds is 6. The Balaban J connectivity index is 1.20. The summed E-state index contributed by atoms with van der Waals surface area (Å²) in [5.41, 5.74) is -6.84. The van der Waals surface area contributed by atoms with Gasteiger partial charge in [-0.3, -0.25) is 0 Å². The fourth-order valence-corrected chi connectivity index (χ4v) is 10.4. The van der Waals surface area contributed by atoms with E-state index in [1.54, 1.807) is 69.8 Å². The Kier molecular flexibility index (Phi) is 12.2. The molecule has 11 rings (SSSR count). The number of nitrogens with zero attached hydrogens (tertiary/aromatic N) is 4. The van der Waals surface area contributed by atoms with Gasteiger partial charge in [0.1, 0.15) is 0 Å². The first-order chi connectivity index (χ1) is 37.7. The topological polar surface area (TPSA) is 57.4 Å². The zero-order chi connectivity index (χ0) is 57.0. The van der Waals surface area contributed by atoms with Crippen LogP contribution in [0.5, 0.6) is 0 Å². The molecule has 0 saturated heterocycles. The van der Waals surface area contributed by atoms with Crippen molar-refractivity contribution in [2.24, 2.45) is 0 Å². The van der Waals surface area contributed by atoms with Crippen LogP contribution in [0.3, 0.4) is 0 Å². The highest BCUT2D eigenvalue weighted by Gasteiger charge is 2.41. The van der Waals surface area contributed by atoms with E-state index >= 15 is 0 Å². The molecule has 4 nitrogen and oxygen atoms in total. The third-order valence-corrected chi connectivity index (χ3v) is 13.9. The van der Waals surface area contributed by atoms with Gasteiger partial charge in [-0.2, -0.15) is 76.4 Å². The van der Waals surface area contributed by atoms with Crippen molar-refractivity contribution in [1.29, 1.82) is 10.5 Å². The predicted octanol–water partition coefficient (Wildman–Crippen LogP) is 19.4. The summed E-state index contributed by atoms with van der Waals surface area (Å²) in [5.74, 6) is 0. The zero-order valence-electron chi connectivity index (χ0n) is 40.2. The maximum absolute atomic E-state index is 15.0. The Hall–Kier alpha value is -9.49. The number of hydrogen-bond donors (Lipinski definition) is 0. The van der Waals surface area contributed by atoms with Crippen LogP contribution in [-0.2, 0) is 30.9 Å². The van der Waals surface area contributed by atoms with Gasteiger partial charge in [0.05, 0.1) is 84.5 Å². The lowest BCUT2D eigenvalue weighted by Crippen LogP contribution is -2.12. The van der Waals surface area contributed by atoms with Crippen molar-refractivity contribution < 1.29 is 65.9 Å². The number of nitriles is 2. The molecule has 0 aliphatic rings. The second-order valence-electron chi connectivity index (χ2n) is 18.6. The Bertz CT molecular complexity index is 4440. The van der Waals surface area contributed by atoms with Gasteiger partial charge in [0, 0.05) is 32.7 Å². The van der Waals surface area contributed by atoms with E-state index in [0.717, 1.165) is 18.2 Å². The van der Waals surface area contributed by atoms with Gasteiger partial charge in [0.25, 0.3) is 0 Å². The van der Waals surface area contributed by atoms with Crippen molar-refractivity contribution in [1.82, 2.24) is 9.13 Å². The molecule has 398 valence electrons. The van der Waals surface area contributed by atoms with E-state index in [2.05, 4.69) is 6.07 Å². The predicted molar refractivity (Wildman–Crippen MR) is 271 cm³/mol. The first-order valence-corrected chi connectivity index (χ1v) is 23.7. The van der Waals surface area contributed by atoms with Crippen LogP contribution < -0.4 is 0 Å². The molecule has 0 spiro atoms. The van der Waals surface area contributed by atoms with Crippen LogP contribution in [0, 0.1) is 22.7 Å². The van der Waals surface area contributed by atoms with Gasteiger partial charge in [-0.25, -0.2) is 0 Å². The molecule has 19 heteroatoms. The second kappa shape index (κ2) is 18.6. The number of alkyl halides is 15. The molecule has 0 amide bonds. The van der Waals surface area contributed by atoms with Gasteiger partial charge in [0.15, 0.2) is 0 Å². The lowest BCUT2D eigenvalue weighted by molar-refractivity contribution is -0.144. The minimum absolute atomic E-state index is 0.0210. The third-order valence-electron chi connectivity index (χ3n) is 13.9. The smallest absolute Gasteiger partial charge is 0.309 e. The van der Waals surface area contributed by atoms with Crippen molar-refractivity contribution in [3.63, 3.8) is 0 Å². The number of para-hydroxylation sites is 2. The van der Waals surface area contributed by atoms with Crippen LogP contribution >= 0.6 is 0 Å². The minimum atomic E-state index is -5.24. The van der Waals surface area contributed by atoms with Crippen LogP contribution in [0.2, 0.25) is 0 Å². The molecule has 0 fully saturated rings. The maximum Gasteiger partial charge on any atom is 0.417 e. The van der Waals surface area contributed by atoms with Gasteiger partial charge >= 0.3 is 30.9 Å². The Morgan fingerprint density at radius 1 is 0.287 bits per heavy atom. The quantitative estimate of drug-likeness (QED) is 0.156. The normalized spacial score (nSPS) is 12.7. The lowest BCUT2D eigenvalue weighted by atomic mass is 9.93. The van der Waals surface area contributed by atoms with E-state index in [-0.39, 0.29) is 73.4 Å². The SMILES string of the molecule is N#Cc1ccc(-c2ccc(-c3ccc(C#N)cc3C(F)(F)F)cc2-n2c3ccccc3c3cc(-c4ccc(C(F)(F)F)cc4C(F)(F)F)ccc32)c(-n2c3ccccc3c3cc(-c4ccc(C(F)(F)F)cc4C(F)(F)F)ccc32)c1. The molecule has 0 radical (unpaired) electrons. The standard InChI is InChI=1S/C61H29F15N4/c62-57(63,64)37-14-19-40(49(28-37)60(71,72)73)34-12-21-53-46(25-34)42-5-1-3-7-51(42)79(53)55-24-33(31-78)10-17-44(55)45-18-11-36(39-16-9-32(30-77)23-48(39)59(68,69)70)27-56(45)80-52-8-4-2-6-43(52)47-26-35(13-22-54(47)80)41-20-15-38(58(65,66)67)29-50(41)61(74,75)76/h1-29H. The molecular weight excluding hydrogens is 1070 g/mol. The van der Waals surface area contributed by atoms with Gasteiger partial charge in [0.2, 0.25) is 0 Å². The molecule has 0 aliphatic carbocycles. The molecule has 2 aromatic heterocycles. The molecule has 0 bridgehead atoms. The van der Waals surface area contributed by atoms with Crippen LogP contribution in [0.15, 0.2) is 176 Å². The van der Waals surface area contributed by atoms with E-state index in [4.69, 9.17) is 0 Å². The van der Waals surface area contributed by atoms with Crippen LogP contribution in [0.25, 0.3) is 99.5 Å². The van der Waals surface area contributed by atoms with Crippen LogP contribution in [0.1, 0.15) is 38.9 Å². The lowest BCUT2D eigenvalue weighted by Gasteiger charge is -2.21. The fourth-order valence-electron chi connectivity index (χ4n) is 10.4. The summed E-state index contributed by atoms with van der Waals surface area (Å²) >= 11 is 0. The molecule has 0 saturated carbocycles. The summed E-state index contributed by atoms with van der Waals surface area (Å²) in [6.45, 7) is 0. The molecule has 11 aromatic rings. The molecule has 80 heavy (non-hydrogen) atoms. The van der Waals surface area contributed by atoms with Crippen LogP contribution in [0.4, 0.5) is 65.9 Å². The van der Waals surface area contributed by atoms with Crippen LogP contribution in [-0.4, -0.2) is 9.13 Å². The molecule has 9 aromatic carbocycles. The molecular formula is C61H29F15N4. The van der Waals surface area contributed by atoms with Crippen molar-refractivity contribution in [3.8, 4) is 68.0 Å². The second-order valence-corrected chi connectivity index (χ2v) is 18.6. The monoisotopic (exact) mass is 1100 g/mol. The van der Waals surface area contributed by atoms with E-state index in [0.29, 0.717) is 56.5 Å². The third kappa shape index (κ3) is 9.07. The van der Waals surface area contributed by atoms with Gasteiger partial charge in [-0.05, 0) is 124 Å². The number of aromatic nitrogens is 2. The number of hydrogen-bond acceptors (Lipinski definition) is 2. The first-order valence-electron chi connectivity index (χ1n) is 23.7. The summed E-state index contributed by atoms with van der Waals surface area (Å²) in [6, 6.07) is 39.7. The summed E-state index contributed by atoms with van der Waals surface area (Å²) in [6.07, 6.45) is -25.6. The summed E-state index contributed by atoms with van der Waals surface area (Å²) in [5, 5.41) is 21.4. The van der Waals surface area contributed by atoms with Crippen molar-refractivity contribution in [3.05, 3.63) is 215 Å². The number of benzene rings is 9. The van der Waals surface area contributed by atoms with E-state index < -0.39 is 69.8 Å². The molecule has 0 atom stereocenters. The van der Waals surface area contributed by atoms with E-state index in [1.807, 2.05) is 0 Å². The summed E-state index contributed by atoms with van der Waals surface area (Å²) in [4.78, 5) is 0. The Labute approximate surface area is 441 Å². The average molecular weight is 1100 g/mol. The summed E-state index contributed by atoms with van der Waals surface area (Å²) in [7, 11) is 0. The Morgan fingerprint density at radius 2 is 0.625 bits per heavy atom. The fraction of sp³-hybridized carbons (Fsp3) is 0.0820. The molecule has 0 aliphatic heterocycles. The minimum Gasteiger partial charge on any atom is -0.309 e. The summed E-state index contributed by atoms with van der Waals surface area (Å²) < 4.78 is 218. The first kappa shape index (κ1) is 52.6. The highest BCUT2D eigenvalue weighted by molar-refractivity contribution is 6.13.